The van der Waals surface area contributed by atoms with Gasteiger partial charge in [-0.25, -0.2) is 4.98 Å². The lowest BCUT2D eigenvalue weighted by Gasteiger charge is -2.38. The first-order chi connectivity index (χ1) is 9.01. The molecule has 0 amide bonds. The van der Waals surface area contributed by atoms with Crippen LogP contribution in [0.25, 0.3) is 0 Å². The van der Waals surface area contributed by atoms with E-state index in [0.717, 1.165) is 30.2 Å². The molecule has 3 nitrogen and oxygen atoms in total. The summed E-state index contributed by atoms with van der Waals surface area (Å²) in [6.07, 6.45) is 0.250. The monoisotopic (exact) mass is 282 g/mol. The van der Waals surface area contributed by atoms with E-state index < -0.39 is 0 Å². The fourth-order valence-corrected chi connectivity index (χ4v) is 2.49. The Balaban J connectivity index is 2.34. The molecule has 0 aromatic carbocycles. The summed E-state index contributed by atoms with van der Waals surface area (Å²) in [4.78, 5) is 7.13. The van der Waals surface area contributed by atoms with Crippen molar-refractivity contribution in [2.75, 3.05) is 18.1 Å². The van der Waals surface area contributed by atoms with Crippen LogP contribution in [0.15, 0.2) is 12.1 Å². The average molecular weight is 283 g/mol. The first-order valence-corrected chi connectivity index (χ1v) is 7.49. The van der Waals surface area contributed by atoms with Gasteiger partial charge in [-0.1, -0.05) is 13.8 Å². The van der Waals surface area contributed by atoms with Crippen LogP contribution in [0.1, 0.15) is 44.9 Å². The lowest BCUT2D eigenvalue weighted by molar-refractivity contribution is 0.0340. The van der Waals surface area contributed by atoms with Crippen molar-refractivity contribution in [3.8, 4) is 0 Å². The summed E-state index contributed by atoms with van der Waals surface area (Å²) in [7, 11) is 0. The molecule has 2 rings (SSSR count). The van der Waals surface area contributed by atoms with Crippen molar-refractivity contribution in [3.63, 3.8) is 0 Å². The Bertz CT molecular complexity index is 436. The van der Waals surface area contributed by atoms with E-state index >= 15 is 0 Å². The van der Waals surface area contributed by atoms with E-state index in [-0.39, 0.29) is 6.10 Å². The Kier molecular flexibility index (Phi) is 4.69. The van der Waals surface area contributed by atoms with E-state index in [2.05, 4.69) is 44.7 Å². The Hall–Kier alpha value is -0.800. The van der Waals surface area contributed by atoms with Gasteiger partial charge in [0.05, 0.1) is 18.8 Å². The zero-order chi connectivity index (χ0) is 14.0. The molecular formula is C15H23ClN2O. The van der Waals surface area contributed by atoms with Crippen molar-refractivity contribution in [1.82, 2.24) is 4.98 Å². The summed E-state index contributed by atoms with van der Waals surface area (Å²) in [5.41, 5.74) is 2.25. The zero-order valence-corrected chi connectivity index (χ0v) is 12.9. The van der Waals surface area contributed by atoms with Crippen molar-refractivity contribution in [3.05, 3.63) is 23.4 Å². The minimum absolute atomic E-state index is 0.250. The van der Waals surface area contributed by atoms with E-state index in [1.54, 1.807) is 0 Å². The number of alkyl halides is 1. The van der Waals surface area contributed by atoms with Crippen LogP contribution >= 0.6 is 11.6 Å². The molecule has 0 aliphatic carbocycles. The van der Waals surface area contributed by atoms with Crippen LogP contribution in [-0.4, -0.2) is 30.3 Å². The smallest absolute Gasteiger partial charge is 0.129 e. The highest BCUT2D eigenvalue weighted by Crippen LogP contribution is 2.25. The van der Waals surface area contributed by atoms with Gasteiger partial charge in [-0.3, -0.25) is 0 Å². The molecule has 2 unspecified atom stereocenters. The summed E-state index contributed by atoms with van der Waals surface area (Å²) in [5, 5.41) is 0. The maximum absolute atomic E-state index is 6.01. The molecule has 1 fully saturated rings. The normalized spacial score (nSPS) is 24.0. The molecule has 1 aliphatic rings. The van der Waals surface area contributed by atoms with Gasteiger partial charge in [0.15, 0.2) is 0 Å². The highest BCUT2D eigenvalue weighted by atomic mass is 35.5. The van der Waals surface area contributed by atoms with E-state index in [1.165, 1.54) is 0 Å². The molecule has 2 atom stereocenters. The second kappa shape index (κ2) is 6.10. The lowest BCUT2D eigenvalue weighted by Crippen LogP contribution is -2.47. The summed E-state index contributed by atoms with van der Waals surface area (Å²) in [6, 6.07) is 4.57. The van der Waals surface area contributed by atoms with E-state index in [9.17, 15) is 0 Å². The van der Waals surface area contributed by atoms with Crippen LogP contribution in [0.5, 0.6) is 0 Å². The lowest BCUT2D eigenvalue weighted by atomic mass is 10.1. The predicted octanol–water partition coefficient (Wildman–Crippen LogP) is 3.56. The number of ether oxygens (including phenoxy) is 1. The SMILES string of the molecule is CC1CN(c2cc(CCl)cc(C(C)C)n2)C(C)CO1. The summed E-state index contributed by atoms with van der Waals surface area (Å²) < 4.78 is 5.68. The van der Waals surface area contributed by atoms with Gasteiger partial charge in [0.1, 0.15) is 5.82 Å². The molecule has 4 heteroatoms. The maximum Gasteiger partial charge on any atom is 0.129 e. The number of morpholine rings is 1. The van der Waals surface area contributed by atoms with E-state index in [4.69, 9.17) is 21.3 Å². The number of anilines is 1. The number of hydrogen-bond acceptors (Lipinski definition) is 3. The molecule has 1 aliphatic heterocycles. The molecule has 0 radical (unpaired) electrons. The fraction of sp³-hybridized carbons (Fsp3) is 0.667. The number of pyridine rings is 1. The van der Waals surface area contributed by atoms with Crippen LogP contribution in [0.4, 0.5) is 5.82 Å². The van der Waals surface area contributed by atoms with Gasteiger partial charge < -0.3 is 9.64 Å². The first kappa shape index (κ1) is 14.6. The molecule has 106 valence electrons. The largest absolute Gasteiger partial charge is 0.375 e. The number of hydrogen-bond donors (Lipinski definition) is 0. The van der Waals surface area contributed by atoms with Crippen LogP contribution in [0.2, 0.25) is 0 Å². The maximum atomic E-state index is 6.01. The Morgan fingerprint density at radius 1 is 1.42 bits per heavy atom. The molecule has 0 N–H and O–H groups in total. The molecule has 0 spiro atoms. The van der Waals surface area contributed by atoms with Crippen LogP contribution in [0, 0.1) is 0 Å². The standard InChI is InChI=1S/C15H23ClN2O/c1-10(2)14-5-13(7-16)6-15(17-14)18-8-12(4)19-9-11(18)3/h5-6,10-12H,7-9H2,1-4H3. The number of aromatic nitrogens is 1. The molecule has 2 heterocycles. The van der Waals surface area contributed by atoms with Crippen molar-refractivity contribution < 1.29 is 4.74 Å². The van der Waals surface area contributed by atoms with Gasteiger partial charge in [0.2, 0.25) is 0 Å². The predicted molar refractivity (Wildman–Crippen MR) is 80.1 cm³/mol. The van der Waals surface area contributed by atoms with E-state index in [0.29, 0.717) is 17.8 Å². The van der Waals surface area contributed by atoms with Gasteiger partial charge >= 0.3 is 0 Å². The van der Waals surface area contributed by atoms with Gasteiger partial charge in [-0.05, 0) is 37.5 Å². The Labute approximate surface area is 120 Å². The average Bonchev–Trinajstić information content (AvgIpc) is 2.40. The van der Waals surface area contributed by atoms with E-state index in [1.807, 2.05) is 0 Å². The third-order valence-electron chi connectivity index (χ3n) is 3.54. The second-order valence-corrected chi connectivity index (χ2v) is 5.96. The second-order valence-electron chi connectivity index (χ2n) is 5.69. The summed E-state index contributed by atoms with van der Waals surface area (Å²) in [5.74, 6) is 1.98. The highest BCUT2D eigenvalue weighted by molar-refractivity contribution is 6.17. The van der Waals surface area contributed by atoms with Gasteiger partial charge in [-0.2, -0.15) is 0 Å². The molecule has 1 aromatic rings. The van der Waals surface area contributed by atoms with Crippen LogP contribution in [0.3, 0.4) is 0 Å². The van der Waals surface area contributed by atoms with Crippen LogP contribution < -0.4 is 4.90 Å². The zero-order valence-electron chi connectivity index (χ0n) is 12.2. The van der Waals surface area contributed by atoms with Crippen molar-refractivity contribution in [2.45, 2.75) is 51.6 Å². The minimum atomic E-state index is 0.250. The first-order valence-electron chi connectivity index (χ1n) is 6.96. The highest BCUT2D eigenvalue weighted by Gasteiger charge is 2.25. The third kappa shape index (κ3) is 3.40. The molecule has 19 heavy (non-hydrogen) atoms. The third-order valence-corrected chi connectivity index (χ3v) is 3.85. The summed E-state index contributed by atoms with van der Waals surface area (Å²) >= 11 is 6.01. The van der Waals surface area contributed by atoms with Gasteiger partial charge in [0.25, 0.3) is 0 Å². The van der Waals surface area contributed by atoms with Gasteiger partial charge in [-0.15, -0.1) is 11.6 Å². The quantitative estimate of drug-likeness (QED) is 0.793. The molecule has 0 saturated carbocycles. The molecule has 1 aromatic heterocycles. The Morgan fingerprint density at radius 3 is 2.79 bits per heavy atom. The van der Waals surface area contributed by atoms with Gasteiger partial charge in [0, 0.05) is 18.1 Å². The minimum Gasteiger partial charge on any atom is -0.375 e. The van der Waals surface area contributed by atoms with Crippen molar-refractivity contribution >= 4 is 17.4 Å². The molecular weight excluding hydrogens is 260 g/mol. The Morgan fingerprint density at radius 2 is 2.16 bits per heavy atom. The number of nitrogens with zero attached hydrogens (tertiary/aromatic N) is 2. The van der Waals surface area contributed by atoms with Crippen molar-refractivity contribution in [2.24, 2.45) is 0 Å². The molecule has 1 saturated heterocycles. The van der Waals surface area contributed by atoms with Crippen LogP contribution in [-0.2, 0) is 10.6 Å². The summed E-state index contributed by atoms with van der Waals surface area (Å²) in [6.45, 7) is 10.2. The number of rotatable bonds is 3. The topological polar surface area (TPSA) is 25.4 Å². The molecule has 0 bridgehead atoms. The van der Waals surface area contributed by atoms with Crippen molar-refractivity contribution in [1.29, 1.82) is 0 Å². The fourth-order valence-electron chi connectivity index (χ4n) is 2.34. The number of halogens is 1.